The molecule has 194 valence electrons. The summed E-state index contributed by atoms with van der Waals surface area (Å²) in [5, 5.41) is 2.55. The molecule has 10 heteroatoms. The summed E-state index contributed by atoms with van der Waals surface area (Å²) in [6.45, 7) is 9.19. The Morgan fingerprint density at radius 1 is 0.917 bits per heavy atom. The Kier molecular flexibility index (Phi) is 6.64. The monoisotopic (exact) mass is 528 g/mol. The molecule has 0 aliphatic carbocycles. The fourth-order valence-corrected chi connectivity index (χ4v) is 4.48. The van der Waals surface area contributed by atoms with Gasteiger partial charge in [0.25, 0.3) is 0 Å². The Morgan fingerprint density at radius 3 is 2.03 bits per heavy atom. The maximum atomic E-state index is 12.3. The van der Waals surface area contributed by atoms with Crippen LogP contribution in [0.1, 0.15) is 33.3 Å². The average Bonchev–Trinajstić information content (AvgIpc) is 2.98. The molecule has 1 heterocycles. The number of benzene rings is 3. The predicted molar refractivity (Wildman–Crippen MR) is 135 cm³/mol. The number of hydrogen-bond donors (Lipinski definition) is 0. The van der Waals surface area contributed by atoms with Crippen LogP contribution in [0.2, 0.25) is 0 Å². The first-order chi connectivity index (χ1) is 16.4. The van der Waals surface area contributed by atoms with Gasteiger partial charge in [0.05, 0.1) is 5.41 Å². The molecule has 1 amide bonds. The number of para-hydroxylation sites is 1. The molecule has 3 aromatic rings. The fraction of sp³-hybridized carbons (Fsp3) is 0.231. The van der Waals surface area contributed by atoms with Gasteiger partial charge in [0, 0.05) is 36.5 Å². The van der Waals surface area contributed by atoms with Crippen molar-refractivity contribution in [3.05, 3.63) is 84.6 Å². The molecule has 0 unspecified atom stereocenters. The first-order valence-corrected chi connectivity index (χ1v) is 13.2. The molecule has 0 saturated heterocycles. The second kappa shape index (κ2) is 8.73. The number of rotatable bonds is 4. The molecule has 0 fully saturated rings. The van der Waals surface area contributed by atoms with Gasteiger partial charge in [0.15, 0.2) is 5.71 Å². The van der Waals surface area contributed by atoms with Crippen LogP contribution in [0.25, 0.3) is 10.8 Å². The van der Waals surface area contributed by atoms with Gasteiger partial charge < -0.3 is 0 Å². The van der Waals surface area contributed by atoms with E-state index in [1.54, 1.807) is 11.8 Å². The molecule has 1 aliphatic rings. The third kappa shape index (κ3) is 6.72. The Labute approximate surface area is 205 Å². The van der Waals surface area contributed by atoms with Gasteiger partial charge in [-0.2, -0.15) is 4.58 Å². The number of carbonyl (C=O) groups is 1. The van der Waals surface area contributed by atoms with Crippen LogP contribution in [0.15, 0.2) is 79.0 Å². The molecule has 0 atom stereocenters. The average molecular weight is 528 g/mol. The molecule has 0 N–H and O–H groups in total. The number of nitrogens with zero attached hydrogens (tertiary/aromatic N) is 2. The zero-order valence-electron chi connectivity index (χ0n) is 20.2. The van der Waals surface area contributed by atoms with Crippen LogP contribution >= 0.6 is 7.81 Å². The number of halogens is 6. The van der Waals surface area contributed by atoms with Crippen molar-refractivity contribution < 1.29 is 34.6 Å². The quantitative estimate of drug-likeness (QED) is 0.188. The second-order valence-corrected chi connectivity index (χ2v) is 10.9. The molecular weight excluding hydrogens is 501 g/mol. The van der Waals surface area contributed by atoms with Gasteiger partial charge in [0.1, 0.15) is 6.54 Å². The van der Waals surface area contributed by atoms with Crippen molar-refractivity contribution in [1.29, 1.82) is 0 Å². The van der Waals surface area contributed by atoms with E-state index in [1.165, 1.54) is 27.7 Å². The van der Waals surface area contributed by atoms with Crippen LogP contribution < -0.4 is 4.90 Å². The van der Waals surface area contributed by atoms with E-state index in [2.05, 4.69) is 67.8 Å². The van der Waals surface area contributed by atoms with Crippen LogP contribution in [0, 0.1) is 0 Å². The Morgan fingerprint density at radius 2 is 1.47 bits per heavy atom. The zero-order chi connectivity index (χ0) is 27.0. The summed E-state index contributed by atoms with van der Waals surface area (Å²) in [4.78, 5) is 14.0. The Balaban J connectivity index is 0.000000454. The number of amides is 1. The number of fused-ring (bicyclic) bond motifs is 3. The normalized spacial score (nSPS) is 16.7. The van der Waals surface area contributed by atoms with E-state index in [9.17, 15) is 30.0 Å². The Bertz CT molecular complexity index is 1350. The zero-order valence-corrected chi connectivity index (χ0v) is 21.1. The van der Waals surface area contributed by atoms with E-state index in [1.807, 2.05) is 36.5 Å². The van der Waals surface area contributed by atoms with E-state index in [0.29, 0.717) is 0 Å². The SMILES string of the molecule is CC[N+]1=C(/C=C/N(C(C)=O)c2ccccc2)C(C)(C)c2c1ccc1ccccc21.F[P-](F)(F)(F)(F)F. The Hall–Kier alpha value is -3.19. The van der Waals surface area contributed by atoms with Crippen molar-refractivity contribution in [1.82, 2.24) is 0 Å². The molecule has 3 nitrogen and oxygen atoms in total. The predicted octanol–water partition coefficient (Wildman–Crippen LogP) is 9.19. The van der Waals surface area contributed by atoms with E-state index >= 15 is 0 Å². The standard InChI is InChI=1S/C26H27N2O.F6P/c1-5-27-23-16-15-20-11-9-10-14-22(20)25(23)26(3,4)24(27)17-18-28(19(2)29)21-12-7-6-8-13-21;1-7(2,3,4,5)6/h6-18H,5H2,1-4H3;/q+1;-1. The molecule has 0 spiro atoms. The van der Waals surface area contributed by atoms with Crippen molar-refractivity contribution in [2.45, 2.75) is 33.1 Å². The van der Waals surface area contributed by atoms with Crippen LogP contribution in [-0.4, -0.2) is 22.7 Å². The third-order valence-corrected chi connectivity index (χ3v) is 5.83. The molecule has 4 rings (SSSR count). The van der Waals surface area contributed by atoms with E-state index in [-0.39, 0.29) is 11.3 Å². The van der Waals surface area contributed by atoms with Gasteiger partial charge in [-0.15, -0.1) is 0 Å². The van der Waals surface area contributed by atoms with Crippen molar-refractivity contribution in [2.24, 2.45) is 0 Å². The van der Waals surface area contributed by atoms with Gasteiger partial charge in [-0.1, -0.05) is 42.5 Å². The van der Waals surface area contributed by atoms with Crippen molar-refractivity contribution in [3.8, 4) is 0 Å². The number of anilines is 1. The van der Waals surface area contributed by atoms with Crippen molar-refractivity contribution in [2.75, 3.05) is 11.4 Å². The van der Waals surface area contributed by atoms with E-state index in [0.717, 1.165) is 12.2 Å². The van der Waals surface area contributed by atoms with Crippen LogP contribution in [0.5, 0.6) is 0 Å². The van der Waals surface area contributed by atoms with Gasteiger partial charge in [-0.25, -0.2) is 0 Å². The van der Waals surface area contributed by atoms with Gasteiger partial charge >= 0.3 is 33.0 Å². The minimum atomic E-state index is -10.7. The summed E-state index contributed by atoms with van der Waals surface area (Å²) >= 11 is 0. The van der Waals surface area contributed by atoms with Crippen LogP contribution in [0.3, 0.4) is 0 Å². The summed E-state index contributed by atoms with van der Waals surface area (Å²) in [6.07, 6.45) is 4.01. The number of carbonyl (C=O) groups excluding carboxylic acids is 1. The van der Waals surface area contributed by atoms with E-state index in [4.69, 9.17) is 0 Å². The fourth-order valence-electron chi connectivity index (χ4n) is 4.48. The molecule has 3 aromatic carbocycles. The van der Waals surface area contributed by atoms with Crippen molar-refractivity contribution in [3.63, 3.8) is 0 Å². The first-order valence-electron chi connectivity index (χ1n) is 11.2. The molecule has 0 aromatic heterocycles. The molecular formula is C26H27F6N2OP. The number of allylic oxidation sites excluding steroid dienone is 1. The van der Waals surface area contributed by atoms with Gasteiger partial charge in [0.2, 0.25) is 11.6 Å². The molecule has 0 bridgehead atoms. The summed E-state index contributed by atoms with van der Waals surface area (Å²) in [5.41, 5.74) is 4.52. The summed E-state index contributed by atoms with van der Waals surface area (Å²) in [7, 11) is -10.7. The van der Waals surface area contributed by atoms with Crippen LogP contribution in [0.4, 0.5) is 36.6 Å². The van der Waals surface area contributed by atoms with Gasteiger partial charge in [-0.05, 0) is 49.7 Å². The number of hydrogen-bond acceptors (Lipinski definition) is 1. The van der Waals surface area contributed by atoms with E-state index < -0.39 is 7.81 Å². The maximum absolute atomic E-state index is 12.3. The first kappa shape index (κ1) is 27.4. The molecule has 0 saturated carbocycles. The van der Waals surface area contributed by atoms with Gasteiger partial charge in [-0.3, -0.25) is 9.69 Å². The summed E-state index contributed by atoms with van der Waals surface area (Å²) in [5.74, 6) is -0.00475. The summed E-state index contributed by atoms with van der Waals surface area (Å²) in [6, 6.07) is 22.8. The second-order valence-electron chi connectivity index (χ2n) is 8.93. The van der Waals surface area contributed by atoms with Crippen LogP contribution in [-0.2, 0) is 10.2 Å². The molecule has 36 heavy (non-hydrogen) atoms. The molecule has 1 aliphatic heterocycles. The topological polar surface area (TPSA) is 23.3 Å². The third-order valence-electron chi connectivity index (χ3n) is 5.83. The van der Waals surface area contributed by atoms with Crippen molar-refractivity contribution >= 4 is 41.6 Å². The molecule has 0 radical (unpaired) electrons. The minimum absolute atomic E-state index is 0.00475. The summed E-state index contributed by atoms with van der Waals surface area (Å²) < 4.78 is 61.6.